The SMILES string of the molecule is C/C(F)=C(/F)c1ccccn1. The van der Waals surface area contributed by atoms with Gasteiger partial charge in [0.25, 0.3) is 0 Å². The lowest BCUT2D eigenvalue weighted by molar-refractivity contribution is 0.604. The summed E-state index contributed by atoms with van der Waals surface area (Å²) in [4.78, 5) is 3.63. The van der Waals surface area contributed by atoms with Gasteiger partial charge in [0.1, 0.15) is 11.5 Å². The molecule has 1 aromatic rings. The van der Waals surface area contributed by atoms with E-state index in [2.05, 4.69) is 4.98 Å². The quantitative estimate of drug-likeness (QED) is 0.607. The van der Waals surface area contributed by atoms with Crippen LogP contribution in [0.15, 0.2) is 30.2 Å². The number of halogens is 2. The Morgan fingerprint density at radius 3 is 2.55 bits per heavy atom. The van der Waals surface area contributed by atoms with E-state index in [4.69, 9.17) is 0 Å². The zero-order valence-corrected chi connectivity index (χ0v) is 6.01. The third-order valence-electron chi connectivity index (χ3n) is 1.19. The number of rotatable bonds is 1. The van der Waals surface area contributed by atoms with Crippen LogP contribution in [0.3, 0.4) is 0 Å². The number of aromatic nitrogens is 1. The summed E-state index contributed by atoms with van der Waals surface area (Å²) < 4.78 is 24.9. The molecule has 0 saturated heterocycles. The first-order valence-corrected chi connectivity index (χ1v) is 3.15. The number of hydrogen-bond donors (Lipinski definition) is 0. The topological polar surface area (TPSA) is 12.9 Å². The maximum Gasteiger partial charge on any atom is 0.179 e. The molecule has 0 fully saturated rings. The zero-order chi connectivity index (χ0) is 8.27. The molecule has 0 amide bonds. The van der Waals surface area contributed by atoms with E-state index in [1.54, 1.807) is 12.1 Å². The van der Waals surface area contributed by atoms with Crippen molar-refractivity contribution in [1.29, 1.82) is 0 Å². The number of pyridine rings is 1. The van der Waals surface area contributed by atoms with Gasteiger partial charge in [0.05, 0.1) is 0 Å². The van der Waals surface area contributed by atoms with Gasteiger partial charge in [0.2, 0.25) is 0 Å². The summed E-state index contributed by atoms with van der Waals surface area (Å²) in [7, 11) is 0. The van der Waals surface area contributed by atoms with Crippen LogP contribution in [0.25, 0.3) is 5.83 Å². The molecule has 0 bridgehead atoms. The van der Waals surface area contributed by atoms with E-state index in [1.807, 2.05) is 0 Å². The molecule has 0 aliphatic rings. The molecule has 0 aliphatic carbocycles. The Morgan fingerprint density at radius 1 is 1.36 bits per heavy atom. The maximum absolute atomic E-state index is 12.7. The standard InChI is InChI=1S/C8H7F2N/c1-6(9)8(10)7-4-2-3-5-11-7/h2-5H,1H3/b8-6-. The summed E-state index contributed by atoms with van der Waals surface area (Å²) in [6.45, 7) is 1.06. The molecule has 1 rings (SSSR count). The second kappa shape index (κ2) is 3.23. The second-order valence-corrected chi connectivity index (χ2v) is 2.06. The fourth-order valence-corrected chi connectivity index (χ4v) is 0.669. The lowest BCUT2D eigenvalue weighted by Crippen LogP contribution is -1.83. The van der Waals surface area contributed by atoms with Gasteiger partial charge < -0.3 is 0 Å². The van der Waals surface area contributed by atoms with Crippen LogP contribution >= 0.6 is 0 Å². The van der Waals surface area contributed by atoms with E-state index < -0.39 is 11.7 Å². The Labute approximate surface area is 63.4 Å². The van der Waals surface area contributed by atoms with E-state index in [0.29, 0.717) is 0 Å². The molecular weight excluding hydrogens is 148 g/mol. The predicted octanol–water partition coefficient (Wildman–Crippen LogP) is 2.71. The molecule has 1 nitrogen and oxygen atoms in total. The van der Waals surface area contributed by atoms with E-state index in [9.17, 15) is 8.78 Å². The average Bonchev–Trinajstić information content (AvgIpc) is 2.05. The van der Waals surface area contributed by atoms with Gasteiger partial charge in [-0.1, -0.05) is 6.07 Å². The van der Waals surface area contributed by atoms with Crippen molar-refractivity contribution in [3.8, 4) is 0 Å². The number of hydrogen-bond acceptors (Lipinski definition) is 1. The third kappa shape index (κ3) is 1.83. The molecule has 1 heterocycles. The Kier molecular flexibility index (Phi) is 2.31. The summed E-state index contributed by atoms with van der Waals surface area (Å²) >= 11 is 0. The van der Waals surface area contributed by atoms with Crippen LogP contribution in [0, 0.1) is 0 Å². The molecule has 0 aliphatic heterocycles. The highest BCUT2D eigenvalue weighted by Crippen LogP contribution is 2.17. The predicted molar refractivity (Wildman–Crippen MR) is 39.0 cm³/mol. The fraction of sp³-hybridized carbons (Fsp3) is 0.125. The van der Waals surface area contributed by atoms with Crippen LogP contribution in [0.2, 0.25) is 0 Å². The molecule has 11 heavy (non-hydrogen) atoms. The van der Waals surface area contributed by atoms with Crippen molar-refractivity contribution in [2.75, 3.05) is 0 Å². The van der Waals surface area contributed by atoms with Crippen LogP contribution in [0.1, 0.15) is 12.6 Å². The largest absolute Gasteiger partial charge is 0.254 e. The van der Waals surface area contributed by atoms with Gasteiger partial charge in [-0.05, 0) is 19.1 Å². The van der Waals surface area contributed by atoms with Crippen molar-refractivity contribution in [2.24, 2.45) is 0 Å². The van der Waals surface area contributed by atoms with Crippen molar-refractivity contribution in [2.45, 2.75) is 6.92 Å². The van der Waals surface area contributed by atoms with Gasteiger partial charge >= 0.3 is 0 Å². The van der Waals surface area contributed by atoms with Crippen molar-refractivity contribution < 1.29 is 8.78 Å². The first-order chi connectivity index (χ1) is 5.22. The van der Waals surface area contributed by atoms with Crippen LogP contribution in [-0.4, -0.2) is 4.98 Å². The summed E-state index contributed by atoms with van der Waals surface area (Å²) in [5.74, 6) is -1.74. The molecule has 0 unspecified atom stereocenters. The number of nitrogens with zero attached hydrogens (tertiary/aromatic N) is 1. The Hall–Kier alpha value is -1.25. The van der Waals surface area contributed by atoms with E-state index in [-0.39, 0.29) is 5.69 Å². The maximum atomic E-state index is 12.7. The van der Waals surface area contributed by atoms with E-state index in [0.717, 1.165) is 6.92 Å². The second-order valence-electron chi connectivity index (χ2n) is 2.06. The first kappa shape index (κ1) is 7.85. The molecule has 1 aromatic heterocycles. The van der Waals surface area contributed by atoms with E-state index >= 15 is 0 Å². The smallest absolute Gasteiger partial charge is 0.179 e. The third-order valence-corrected chi connectivity index (χ3v) is 1.19. The minimum atomic E-state index is -0.898. The summed E-state index contributed by atoms with van der Waals surface area (Å²) in [5.41, 5.74) is 0.0347. The summed E-state index contributed by atoms with van der Waals surface area (Å²) in [5, 5.41) is 0. The van der Waals surface area contributed by atoms with Gasteiger partial charge in [-0.25, -0.2) is 8.78 Å². The van der Waals surface area contributed by atoms with Crippen molar-refractivity contribution in [3.63, 3.8) is 0 Å². The molecular formula is C8H7F2N. The highest BCUT2D eigenvalue weighted by atomic mass is 19.2. The van der Waals surface area contributed by atoms with Crippen LogP contribution in [-0.2, 0) is 0 Å². The molecule has 58 valence electrons. The van der Waals surface area contributed by atoms with Crippen molar-refractivity contribution in [1.82, 2.24) is 4.98 Å². The molecule has 0 radical (unpaired) electrons. The lowest BCUT2D eigenvalue weighted by Gasteiger charge is -1.94. The molecule has 0 atom stereocenters. The van der Waals surface area contributed by atoms with Crippen molar-refractivity contribution >= 4 is 5.83 Å². The Balaban J connectivity index is 3.04. The zero-order valence-electron chi connectivity index (χ0n) is 6.01. The lowest BCUT2D eigenvalue weighted by atomic mass is 10.3. The van der Waals surface area contributed by atoms with Gasteiger partial charge in [0.15, 0.2) is 5.83 Å². The van der Waals surface area contributed by atoms with Gasteiger partial charge in [-0.3, -0.25) is 4.98 Å². The molecule has 0 saturated carbocycles. The van der Waals surface area contributed by atoms with Gasteiger partial charge in [-0.2, -0.15) is 0 Å². The van der Waals surface area contributed by atoms with Gasteiger partial charge in [0, 0.05) is 6.20 Å². The normalized spacial score (nSPS) is 12.6. The highest BCUT2D eigenvalue weighted by Gasteiger charge is 2.03. The minimum absolute atomic E-state index is 0.0347. The highest BCUT2D eigenvalue weighted by molar-refractivity contribution is 5.56. The van der Waals surface area contributed by atoms with Gasteiger partial charge in [-0.15, -0.1) is 0 Å². The monoisotopic (exact) mass is 155 g/mol. The summed E-state index contributed by atoms with van der Waals surface area (Å²) in [6, 6.07) is 4.66. The van der Waals surface area contributed by atoms with E-state index in [1.165, 1.54) is 12.3 Å². The van der Waals surface area contributed by atoms with Crippen LogP contribution < -0.4 is 0 Å². The summed E-state index contributed by atoms with van der Waals surface area (Å²) in [6.07, 6.45) is 1.41. The Bertz CT molecular complexity index is 263. The van der Waals surface area contributed by atoms with Crippen LogP contribution in [0.5, 0.6) is 0 Å². The first-order valence-electron chi connectivity index (χ1n) is 3.15. The molecule has 0 aromatic carbocycles. The molecule has 0 N–H and O–H groups in total. The van der Waals surface area contributed by atoms with Crippen molar-refractivity contribution in [3.05, 3.63) is 35.9 Å². The fourth-order valence-electron chi connectivity index (χ4n) is 0.669. The molecule has 0 spiro atoms. The average molecular weight is 155 g/mol. The molecule has 3 heteroatoms. The minimum Gasteiger partial charge on any atom is -0.254 e. The Morgan fingerprint density at radius 2 is 2.09 bits per heavy atom. The van der Waals surface area contributed by atoms with Crippen LogP contribution in [0.4, 0.5) is 8.78 Å². The number of allylic oxidation sites excluding steroid dienone is 1.